The Bertz CT molecular complexity index is 673. The molecule has 29 heavy (non-hydrogen) atoms. The van der Waals surface area contributed by atoms with Crippen LogP contribution in [0.1, 0.15) is 63.9 Å². The van der Waals surface area contributed by atoms with E-state index < -0.39 is 11.6 Å². The summed E-state index contributed by atoms with van der Waals surface area (Å²) >= 11 is 0. The standard InChI is InChI=1S/C25H36F2O2/c1-3-6-18-8-10-22-16-19(9-11-21(22)15-18)17-29-23-13-12-20(24(26)25(23)27)7-4-5-14-28-2/h4-5,12-13,18-19,21-22H,3,6-11,14-17H2,1-2H3/b5-4-. The molecule has 2 nitrogen and oxygen atoms in total. The Labute approximate surface area is 174 Å². The molecule has 4 unspecified atom stereocenters. The van der Waals surface area contributed by atoms with Gasteiger partial charge in [-0.1, -0.05) is 44.4 Å². The molecule has 0 aliphatic heterocycles. The summed E-state index contributed by atoms with van der Waals surface area (Å²) in [5, 5.41) is 0. The van der Waals surface area contributed by atoms with Crippen LogP contribution in [0.4, 0.5) is 8.78 Å². The van der Waals surface area contributed by atoms with Crippen molar-refractivity contribution in [3.8, 4) is 5.75 Å². The van der Waals surface area contributed by atoms with Gasteiger partial charge in [-0.25, -0.2) is 4.39 Å². The van der Waals surface area contributed by atoms with Crippen LogP contribution in [0, 0.1) is 35.3 Å². The highest BCUT2D eigenvalue weighted by atomic mass is 19.2. The second-order valence-electron chi connectivity index (χ2n) is 8.96. The SMILES string of the molecule is CCCC1CCC2CC(COc3ccc(C/C=C\COC)c(F)c3F)CCC2C1. The molecule has 0 radical (unpaired) electrons. The van der Waals surface area contributed by atoms with Gasteiger partial charge in [0, 0.05) is 7.11 Å². The summed E-state index contributed by atoms with van der Waals surface area (Å²) in [5.74, 6) is 1.43. The Morgan fingerprint density at radius 1 is 0.966 bits per heavy atom. The molecule has 1 aromatic carbocycles. The van der Waals surface area contributed by atoms with E-state index in [1.165, 1.54) is 44.9 Å². The minimum atomic E-state index is -0.864. The lowest BCUT2D eigenvalue weighted by Crippen LogP contribution is -2.33. The number of fused-ring (bicyclic) bond motifs is 1. The van der Waals surface area contributed by atoms with E-state index >= 15 is 0 Å². The van der Waals surface area contributed by atoms with Gasteiger partial charge in [-0.05, 0) is 73.8 Å². The number of hydrogen-bond acceptors (Lipinski definition) is 2. The second-order valence-corrected chi connectivity index (χ2v) is 8.96. The molecule has 3 rings (SSSR count). The summed E-state index contributed by atoms with van der Waals surface area (Å²) in [5.41, 5.74) is 0.339. The Morgan fingerprint density at radius 2 is 1.69 bits per heavy atom. The highest BCUT2D eigenvalue weighted by Crippen LogP contribution is 2.45. The molecule has 0 aromatic heterocycles. The van der Waals surface area contributed by atoms with Gasteiger partial charge in [0.2, 0.25) is 5.82 Å². The van der Waals surface area contributed by atoms with E-state index in [0.29, 0.717) is 31.1 Å². The highest BCUT2D eigenvalue weighted by molar-refractivity contribution is 5.32. The van der Waals surface area contributed by atoms with E-state index in [1.807, 2.05) is 0 Å². The molecule has 0 amide bonds. The largest absolute Gasteiger partial charge is 0.490 e. The fourth-order valence-electron chi connectivity index (χ4n) is 5.33. The summed E-state index contributed by atoms with van der Waals surface area (Å²) < 4.78 is 39.4. The molecule has 4 heteroatoms. The molecule has 4 atom stereocenters. The average molecular weight is 407 g/mol. The molecule has 0 N–H and O–H groups in total. The fourth-order valence-corrected chi connectivity index (χ4v) is 5.33. The van der Waals surface area contributed by atoms with Crippen LogP contribution in [-0.2, 0) is 11.2 Å². The van der Waals surface area contributed by atoms with E-state index in [4.69, 9.17) is 9.47 Å². The van der Waals surface area contributed by atoms with Crippen LogP contribution in [0.5, 0.6) is 5.75 Å². The normalized spacial score (nSPS) is 27.2. The van der Waals surface area contributed by atoms with Crippen LogP contribution < -0.4 is 4.74 Å². The zero-order chi connectivity index (χ0) is 20.6. The lowest BCUT2D eigenvalue weighted by Gasteiger charge is -2.42. The zero-order valence-electron chi connectivity index (χ0n) is 18.0. The zero-order valence-corrected chi connectivity index (χ0v) is 18.0. The quantitative estimate of drug-likeness (QED) is 0.424. The van der Waals surface area contributed by atoms with E-state index in [-0.39, 0.29) is 5.75 Å². The Kier molecular flexibility index (Phi) is 8.53. The van der Waals surface area contributed by atoms with E-state index in [2.05, 4.69) is 6.92 Å². The summed E-state index contributed by atoms with van der Waals surface area (Å²) in [7, 11) is 1.60. The maximum atomic E-state index is 14.4. The lowest BCUT2D eigenvalue weighted by molar-refractivity contribution is 0.0739. The number of rotatable bonds is 9. The molecule has 1 aromatic rings. The van der Waals surface area contributed by atoms with Crippen LogP contribution in [0.2, 0.25) is 0 Å². The third-order valence-electron chi connectivity index (χ3n) is 6.90. The van der Waals surface area contributed by atoms with Crippen LogP contribution in [0.15, 0.2) is 24.3 Å². The molecule has 0 bridgehead atoms. The van der Waals surface area contributed by atoms with Gasteiger partial charge in [-0.15, -0.1) is 0 Å². The Balaban J connectivity index is 1.50. The number of methoxy groups -OCH3 is 1. The molecule has 2 fully saturated rings. The maximum absolute atomic E-state index is 14.4. The van der Waals surface area contributed by atoms with Crippen LogP contribution >= 0.6 is 0 Å². The van der Waals surface area contributed by atoms with Gasteiger partial charge in [0.25, 0.3) is 0 Å². The topological polar surface area (TPSA) is 18.5 Å². The van der Waals surface area contributed by atoms with E-state index in [0.717, 1.165) is 24.2 Å². The molecule has 0 heterocycles. The minimum Gasteiger partial charge on any atom is -0.490 e. The average Bonchev–Trinajstić information content (AvgIpc) is 2.73. The van der Waals surface area contributed by atoms with E-state index in [9.17, 15) is 8.78 Å². The number of halogens is 2. The Morgan fingerprint density at radius 3 is 2.41 bits per heavy atom. The molecular formula is C25H36F2O2. The van der Waals surface area contributed by atoms with Crippen molar-refractivity contribution in [2.45, 2.75) is 64.7 Å². The van der Waals surface area contributed by atoms with E-state index in [1.54, 1.807) is 31.4 Å². The van der Waals surface area contributed by atoms with Crippen molar-refractivity contribution in [2.24, 2.45) is 23.7 Å². The second kappa shape index (κ2) is 11.1. The number of hydrogen-bond donors (Lipinski definition) is 0. The first-order valence-electron chi connectivity index (χ1n) is 11.4. The minimum absolute atomic E-state index is 0.0425. The third-order valence-corrected chi connectivity index (χ3v) is 6.90. The Hall–Kier alpha value is -1.42. The van der Waals surface area contributed by atoms with Crippen molar-refractivity contribution < 1.29 is 18.3 Å². The highest BCUT2D eigenvalue weighted by Gasteiger charge is 2.35. The third kappa shape index (κ3) is 6.04. The number of benzene rings is 1. The van der Waals surface area contributed by atoms with Crippen molar-refractivity contribution >= 4 is 0 Å². The smallest absolute Gasteiger partial charge is 0.200 e. The molecule has 2 aliphatic carbocycles. The van der Waals surface area contributed by atoms with Gasteiger partial charge in [0.05, 0.1) is 13.2 Å². The first kappa shape index (κ1) is 22.3. The molecular weight excluding hydrogens is 370 g/mol. The van der Waals surface area contributed by atoms with Crippen molar-refractivity contribution in [2.75, 3.05) is 20.3 Å². The van der Waals surface area contributed by atoms with Gasteiger partial charge >= 0.3 is 0 Å². The van der Waals surface area contributed by atoms with Crippen molar-refractivity contribution in [1.29, 1.82) is 0 Å². The lowest BCUT2D eigenvalue weighted by atomic mass is 9.64. The monoisotopic (exact) mass is 406 g/mol. The molecule has 2 saturated carbocycles. The number of allylic oxidation sites excluding steroid dienone is 1. The first-order valence-corrected chi connectivity index (χ1v) is 11.4. The van der Waals surface area contributed by atoms with Gasteiger partial charge in [-0.3, -0.25) is 0 Å². The summed E-state index contributed by atoms with van der Waals surface area (Å²) in [6, 6.07) is 3.19. The molecule has 162 valence electrons. The van der Waals surface area contributed by atoms with Crippen LogP contribution in [0.25, 0.3) is 0 Å². The number of ether oxygens (including phenoxy) is 2. The van der Waals surface area contributed by atoms with Crippen molar-refractivity contribution in [3.63, 3.8) is 0 Å². The fraction of sp³-hybridized carbons (Fsp3) is 0.680. The molecule has 0 saturated heterocycles. The molecule has 2 aliphatic rings. The maximum Gasteiger partial charge on any atom is 0.200 e. The first-order chi connectivity index (χ1) is 14.1. The molecule has 0 spiro atoms. The van der Waals surface area contributed by atoms with Gasteiger partial charge < -0.3 is 9.47 Å². The summed E-state index contributed by atoms with van der Waals surface area (Å²) in [6.45, 7) is 3.24. The van der Waals surface area contributed by atoms with Gasteiger partial charge in [0.15, 0.2) is 11.6 Å². The summed E-state index contributed by atoms with van der Waals surface area (Å²) in [4.78, 5) is 0. The van der Waals surface area contributed by atoms with Crippen LogP contribution in [0.3, 0.4) is 0 Å². The van der Waals surface area contributed by atoms with Crippen molar-refractivity contribution in [1.82, 2.24) is 0 Å². The predicted octanol–water partition coefficient (Wildman–Crippen LogP) is 6.72. The predicted molar refractivity (Wildman–Crippen MR) is 113 cm³/mol. The van der Waals surface area contributed by atoms with Gasteiger partial charge in [-0.2, -0.15) is 4.39 Å². The van der Waals surface area contributed by atoms with Crippen molar-refractivity contribution in [3.05, 3.63) is 41.5 Å². The van der Waals surface area contributed by atoms with Gasteiger partial charge in [0.1, 0.15) is 0 Å². The van der Waals surface area contributed by atoms with Crippen LogP contribution in [-0.4, -0.2) is 20.3 Å². The summed E-state index contributed by atoms with van der Waals surface area (Å²) in [6.07, 6.45) is 14.3.